The molecule has 0 spiro atoms. The molecule has 0 aliphatic heterocycles. The minimum Gasteiger partial charge on any atom is -0.493 e. The first-order valence-electron chi connectivity index (χ1n) is 7.22. The van der Waals surface area contributed by atoms with Crippen LogP contribution in [0.4, 0.5) is 0 Å². The van der Waals surface area contributed by atoms with Gasteiger partial charge in [0.15, 0.2) is 18.1 Å². The molecule has 8 nitrogen and oxygen atoms in total. The fourth-order valence-corrected chi connectivity index (χ4v) is 2.04. The van der Waals surface area contributed by atoms with Gasteiger partial charge in [0.1, 0.15) is 11.6 Å². The highest BCUT2D eigenvalue weighted by molar-refractivity contribution is 6.01. The lowest BCUT2D eigenvalue weighted by molar-refractivity contribution is -0.146. The monoisotopic (exact) mass is 348 g/mol. The fourth-order valence-electron chi connectivity index (χ4n) is 2.04. The van der Waals surface area contributed by atoms with E-state index in [1.807, 2.05) is 0 Å². The molecule has 1 aromatic carbocycles. The summed E-state index contributed by atoms with van der Waals surface area (Å²) in [5, 5.41) is 8.84. The standard InChI is InChI=1S/C17H20N2O6/c1-10(19)12(8-18)13(20)9-25-16(21)7-11-5-14(22-2)17(24-4)15(6-11)23-3/h5-6H,7,9,19H2,1-4H3/b12-10-. The normalized spacial score (nSPS) is 11.0. The molecule has 0 radical (unpaired) electrons. The highest BCUT2D eigenvalue weighted by Gasteiger charge is 2.17. The van der Waals surface area contributed by atoms with Crippen LogP contribution in [0.2, 0.25) is 0 Å². The minimum absolute atomic E-state index is 0.0770. The van der Waals surface area contributed by atoms with Gasteiger partial charge in [-0.1, -0.05) is 0 Å². The van der Waals surface area contributed by atoms with Crippen molar-refractivity contribution in [3.63, 3.8) is 0 Å². The fraction of sp³-hybridized carbons (Fsp3) is 0.353. The Kier molecular flexibility index (Phi) is 7.28. The van der Waals surface area contributed by atoms with E-state index < -0.39 is 18.4 Å². The van der Waals surface area contributed by atoms with Crippen molar-refractivity contribution in [2.45, 2.75) is 13.3 Å². The van der Waals surface area contributed by atoms with Crippen molar-refractivity contribution in [1.82, 2.24) is 0 Å². The summed E-state index contributed by atoms with van der Waals surface area (Å²) in [4.78, 5) is 23.7. The van der Waals surface area contributed by atoms with E-state index in [0.717, 1.165) is 0 Å². The second-order valence-electron chi connectivity index (χ2n) is 4.96. The second-order valence-corrected chi connectivity index (χ2v) is 4.96. The van der Waals surface area contributed by atoms with Crippen LogP contribution in [-0.2, 0) is 20.7 Å². The third-order valence-corrected chi connectivity index (χ3v) is 3.22. The molecule has 0 aliphatic carbocycles. The summed E-state index contributed by atoms with van der Waals surface area (Å²) in [7, 11) is 4.39. The number of hydrogen-bond acceptors (Lipinski definition) is 8. The van der Waals surface area contributed by atoms with Gasteiger partial charge in [0.2, 0.25) is 11.5 Å². The zero-order valence-electron chi connectivity index (χ0n) is 14.5. The Balaban J connectivity index is 2.83. The molecule has 0 aromatic heterocycles. The molecule has 1 aromatic rings. The van der Waals surface area contributed by atoms with Crippen LogP contribution in [0.3, 0.4) is 0 Å². The van der Waals surface area contributed by atoms with Crippen molar-refractivity contribution >= 4 is 11.8 Å². The minimum atomic E-state index is -0.652. The molecule has 134 valence electrons. The first-order chi connectivity index (χ1) is 11.9. The number of nitriles is 1. The van der Waals surface area contributed by atoms with E-state index in [2.05, 4.69) is 0 Å². The van der Waals surface area contributed by atoms with Gasteiger partial charge in [-0.2, -0.15) is 5.26 Å². The van der Waals surface area contributed by atoms with Gasteiger partial charge >= 0.3 is 5.97 Å². The quantitative estimate of drug-likeness (QED) is 0.421. The smallest absolute Gasteiger partial charge is 0.310 e. The second kappa shape index (κ2) is 9.17. The average Bonchev–Trinajstić information content (AvgIpc) is 2.59. The lowest BCUT2D eigenvalue weighted by atomic mass is 10.1. The number of carbonyl (C=O) groups excluding carboxylic acids is 2. The number of rotatable bonds is 8. The van der Waals surface area contributed by atoms with Crippen LogP contribution in [0, 0.1) is 11.3 Å². The largest absolute Gasteiger partial charge is 0.493 e. The number of nitrogens with zero attached hydrogens (tertiary/aromatic N) is 1. The number of methoxy groups -OCH3 is 3. The van der Waals surface area contributed by atoms with Gasteiger partial charge in [-0.3, -0.25) is 9.59 Å². The summed E-state index contributed by atoms with van der Waals surface area (Å²) in [6, 6.07) is 4.90. The summed E-state index contributed by atoms with van der Waals surface area (Å²) >= 11 is 0. The molecule has 2 N–H and O–H groups in total. The molecule has 0 aliphatic rings. The molecule has 0 bridgehead atoms. The molecule has 0 amide bonds. The Bertz CT molecular complexity index is 704. The zero-order chi connectivity index (χ0) is 19.0. The summed E-state index contributed by atoms with van der Waals surface area (Å²) < 4.78 is 20.5. The number of hydrogen-bond donors (Lipinski definition) is 1. The number of carbonyl (C=O) groups is 2. The number of nitrogens with two attached hydrogens (primary N) is 1. The first-order valence-corrected chi connectivity index (χ1v) is 7.22. The topological polar surface area (TPSA) is 121 Å². The molecule has 8 heteroatoms. The van der Waals surface area contributed by atoms with Gasteiger partial charge in [-0.25, -0.2) is 0 Å². The summed E-state index contributed by atoms with van der Waals surface area (Å²) in [6.45, 7) is 0.870. The van der Waals surface area contributed by atoms with E-state index in [0.29, 0.717) is 22.8 Å². The summed E-state index contributed by atoms with van der Waals surface area (Å²) in [6.07, 6.45) is -0.114. The maximum Gasteiger partial charge on any atom is 0.310 e. The van der Waals surface area contributed by atoms with Crippen molar-refractivity contribution < 1.29 is 28.5 Å². The molecule has 25 heavy (non-hydrogen) atoms. The van der Waals surface area contributed by atoms with Crippen molar-refractivity contribution in [2.75, 3.05) is 27.9 Å². The third-order valence-electron chi connectivity index (χ3n) is 3.22. The summed E-state index contributed by atoms with van der Waals surface area (Å²) in [5.41, 5.74) is 5.83. The Morgan fingerprint density at radius 3 is 2.08 bits per heavy atom. The number of ether oxygens (including phenoxy) is 4. The lowest BCUT2D eigenvalue weighted by Gasteiger charge is -2.14. The molecular weight excluding hydrogens is 328 g/mol. The van der Waals surface area contributed by atoms with E-state index in [1.165, 1.54) is 28.3 Å². The number of ketones is 1. The third kappa shape index (κ3) is 5.14. The van der Waals surface area contributed by atoms with Crippen molar-refractivity contribution in [2.24, 2.45) is 5.73 Å². The Morgan fingerprint density at radius 2 is 1.68 bits per heavy atom. The predicted octanol–water partition coefficient (Wildman–Crippen LogP) is 1.12. The van der Waals surface area contributed by atoms with Crippen molar-refractivity contribution in [1.29, 1.82) is 5.26 Å². The van der Waals surface area contributed by atoms with E-state index in [4.69, 9.17) is 29.9 Å². The average molecular weight is 348 g/mol. The Labute approximate surface area is 145 Å². The van der Waals surface area contributed by atoms with E-state index in [-0.39, 0.29) is 17.7 Å². The molecule has 0 unspecified atom stereocenters. The maximum atomic E-state index is 11.9. The zero-order valence-corrected chi connectivity index (χ0v) is 14.5. The Hall–Kier alpha value is -3.21. The molecule has 0 saturated carbocycles. The number of benzene rings is 1. The molecule has 0 heterocycles. The van der Waals surface area contributed by atoms with Crippen molar-refractivity contribution in [3.8, 4) is 23.3 Å². The van der Waals surface area contributed by atoms with Gasteiger partial charge in [0.25, 0.3) is 0 Å². The summed E-state index contributed by atoms with van der Waals surface area (Å²) in [5.74, 6) is -0.0989. The van der Waals surface area contributed by atoms with Crippen LogP contribution >= 0.6 is 0 Å². The van der Waals surface area contributed by atoms with Gasteiger partial charge in [-0.05, 0) is 24.6 Å². The lowest BCUT2D eigenvalue weighted by Crippen LogP contribution is -2.18. The van der Waals surface area contributed by atoms with Crippen LogP contribution in [0.25, 0.3) is 0 Å². The molecular formula is C17H20N2O6. The van der Waals surface area contributed by atoms with E-state index in [1.54, 1.807) is 18.2 Å². The molecule has 1 rings (SSSR count). The molecule has 0 saturated heterocycles. The van der Waals surface area contributed by atoms with E-state index >= 15 is 0 Å². The van der Waals surface area contributed by atoms with Crippen molar-refractivity contribution in [3.05, 3.63) is 29.0 Å². The predicted molar refractivity (Wildman–Crippen MR) is 88.3 cm³/mol. The number of allylic oxidation sites excluding steroid dienone is 1. The van der Waals surface area contributed by atoms with Gasteiger partial charge in [0, 0.05) is 5.70 Å². The number of esters is 1. The van der Waals surface area contributed by atoms with Crippen LogP contribution in [0.5, 0.6) is 17.2 Å². The van der Waals surface area contributed by atoms with Gasteiger partial charge in [0.05, 0.1) is 27.8 Å². The van der Waals surface area contributed by atoms with Crippen LogP contribution in [0.15, 0.2) is 23.4 Å². The molecule has 0 atom stereocenters. The van der Waals surface area contributed by atoms with Crippen LogP contribution in [0.1, 0.15) is 12.5 Å². The van der Waals surface area contributed by atoms with Crippen LogP contribution < -0.4 is 19.9 Å². The SMILES string of the molecule is COc1cc(CC(=O)OCC(=O)/C(C#N)=C(/C)N)cc(OC)c1OC. The Morgan fingerprint density at radius 1 is 1.12 bits per heavy atom. The van der Waals surface area contributed by atoms with E-state index in [9.17, 15) is 9.59 Å². The highest BCUT2D eigenvalue weighted by atomic mass is 16.5. The highest BCUT2D eigenvalue weighted by Crippen LogP contribution is 2.38. The maximum absolute atomic E-state index is 11.9. The molecule has 0 fully saturated rings. The van der Waals surface area contributed by atoms with Gasteiger partial charge in [-0.15, -0.1) is 0 Å². The van der Waals surface area contributed by atoms with Gasteiger partial charge < -0.3 is 24.7 Å². The van der Waals surface area contributed by atoms with Crippen LogP contribution in [-0.4, -0.2) is 39.7 Å². The number of Topliss-reactive ketones (excluding diaryl/α,β-unsaturated/α-hetero) is 1. The first kappa shape index (κ1) is 19.8.